The van der Waals surface area contributed by atoms with Crippen molar-refractivity contribution in [2.45, 2.75) is 32.6 Å². The fourth-order valence-corrected chi connectivity index (χ4v) is 3.05. The van der Waals surface area contributed by atoms with Crippen LogP contribution in [0.4, 0.5) is 0 Å². The van der Waals surface area contributed by atoms with Crippen molar-refractivity contribution in [3.63, 3.8) is 0 Å². The largest absolute Gasteiger partial charge is 0.330 e. The molecule has 3 heteroatoms. The van der Waals surface area contributed by atoms with E-state index >= 15 is 0 Å². The minimum atomic E-state index is 0.855. The molecule has 0 aliphatic carbocycles. The van der Waals surface area contributed by atoms with E-state index in [0.717, 1.165) is 6.54 Å². The summed E-state index contributed by atoms with van der Waals surface area (Å²) in [6.07, 6.45) is 5.18. The van der Waals surface area contributed by atoms with Crippen LogP contribution in [-0.4, -0.2) is 18.1 Å². The van der Waals surface area contributed by atoms with Crippen LogP contribution < -0.4 is 5.73 Å². The Morgan fingerprint density at radius 1 is 1.18 bits per heavy atom. The van der Waals surface area contributed by atoms with Crippen molar-refractivity contribution >= 4 is 21.6 Å². The summed E-state index contributed by atoms with van der Waals surface area (Å²) in [5, 5.41) is 0. The normalized spacial score (nSPS) is 15.8. The lowest BCUT2D eigenvalue weighted by Crippen LogP contribution is -1.96. The molecule has 0 radical (unpaired) electrons. The number of rotatable bonds is 3. The first-order valence-corrected chi connectivity index (χ1v) is 6.85. The molecule has 2 N–H and O–H groups in total. The van der Waals surface area contributed by atoms with E-state index in [2.05, 4.69) is 6.92 Å². The number of hydrogen-bond acceptors (Lipinski definition) is 3. The van der Waals surface area contributed by atoms with Crippen LogP contribution in [0, 0.1) is 0 Å². The molecule has 1 rings (SSSR count). The van der Waals surface area contributed by atoms with Crippen LogP contribution in [0.2, 0.25) is 0 Å². The van der Waals surface area contributed by atoms with Crippen LogP contribution in [-0.2, 0) is 0 Å². The summed E-state index contributed by atoms with van der Waals surface area (Å²) in [5.74, 6) is 2.76. The van der Waals surface area contributed by atoms with E-state index in [-0.39, 0.29) is 0 Å². The highest BCUT2D eigenvalue weighted by molar-refractivity contribution is 8.77. The Labute approximate surface area is 78.3 Å². The minimum Gasteiger partial charge on any atom is -0.330 e. The minimum absolute atomic E-state index is 0.855. The molecular weight excluding hydrogens is 174 g/mol. The summed E-state index contributed by atoms with van der Waals surface area (Å²) < 4.78 is 0. The van der Waals surface area contributed by atoms with Crippen LogP contribution in [0.3, 0.4) is 0 Å². The first-order valence-electron chi connectivity index (χ1n) is 4.36. The summed E-state index contributed by atoms with van der Waals surface area (Å²) in [6.45, 7) is 3.03. The van der Waals surface area contributed by atoms with Gasteiger partial charge in [-0.1, -0.05) is 41.4 Å². The molecule has 0 atom stereocenters. The lowest BCUT2D eigenvalue weighted by molar-refractivity contribution is 0.727. The second-order valence-corrected chi connectivity index (χ2v) is 5.20. The maximum absolute atomic E-state index is 5.21. The molecule has 1 heterocycles. The third-order valence-corrected chi connectivity index (χ3v) is 3.92. The van der Waals surface area contributed by atoms with Gasteiger partial charge in [0.2, 0.25) is 0 Å². The van der Waals surface area contributed by atoms with E-state index < -0.39 is 0 Å². The molecule has 0 amide bonds. The third kappa shape index (κ3) is 10.7. The number of hydrogen-bond donors (Lipinski definition) is 1. The highest BCUT2D eigenvalue weighted by Crippen LogP contribution is 2.29. The molecule has 0 aromatic carbocycles. The molecule has 0 aromatic rings. The Hall–Kier alpha value is 0.660. The Balaban J connectivity index is 0.000000183. The quantitative estimate of drug-likeness (QED) is 0.551. The monoisotopic (exact) mass is 193 g/mol. The van der Waals surface area contributed by atoms with Crippen LogP contribution in [0.5, 0.6) is 0 Å². The van der Waals surface area contributed by atoms with Crippen molar-refractivity contribution in [3.05, 3.63) is 0 Å². The van der Waals surface area contributed by atoms with Gasteiger partial charge in [0.15, 0.2) is 0 Å². The van der Waals surface area contributed by atoms with Gasteiger partial charge in [0, 0.05) is 11.5 Å². The van der Waals surface area contributed by atoms with Gasteiger partial charge in [-0.25, -0.2) is 0 Å². The maximum Gasteiger partial charge on any atom is 0.00450 e. The fraction of sp³-hybridized carbons (Fsp3) is 1.00. The molecule has 0 aromatic heterocycles. The van der Waals surface area contributed by atoms with Crippen LogP contribution in [0.1, 0.15) is 32.6 Å². The second kappa shape index (κ2) is 10.7. The van der Waals surface area contributed by atoms with Crippen molar-refractivity contribution in [1.29, 1.82) is 0 Å². The van der Waals surface area contributed by atoms with Crippen molar-refractivity contribution < 1.29 is 0 Å². The van der Waals surface area contributed by atoms with Crippen molar-refractivity contribution in [2.24, 2.45) is 5.73 Å². The van der Waals surface area contributed by atoms with Crippen LogP contribution >= 0.6 is 21.6 Å². The second-order valence-electron chi connectivity index (χ2n) is 2.49. The molecule has 1 aliphatic heterocycles. The number of unbranched alkanes of at least 4 members (excludes halogenated alkanes) is 2. The lowest BCUT2D eigenvalue weighted by atomic mass is 10.3. The summed E-state index contributed by atoms with van der Waals surface area (Å²) in [4.78, 5) is 0. The summed E-state index contributed by atoms with van der Waals surface area (Å²) >= 11 is 0. The van der Waals surface area contributed by atoms with Gasteiger partial charge in [0.25, 0.3) is 0 Å². The van der Waals surface area contributed by atoms with Crippen molar-refractivity contribution in [3.8, 4) is 0 Å². The molecule has 11 heavy (non-hydrogen) atoms. The lowest BCUT2D eigenvalue weighted by Gasteiger charge is -1.86. The first kappa shape index (κ1) is 11.7. The fourth-order valence-electron chi connectivity index (χ4n) is 0.689. The Bertz CT molecular complexity index is 53.5. The molecule has 68 valence electrons. The molecule has 1 aliphatic rings. The standard InChI is InChI=1S/C5H13N.C3H6S2/c1-2-3-4-5-6;1-2-4-5-3-1/h2-6H2,1H3;1-3H2. The van der Waals surface area contributed by atoms with Crippen molar-refractivity contribution in [2.75, 3.05) is 18.1 Å². The van der Waals surface area contributed by atoms with E-state index in [0.29, 0.717) is 0 Å². The number of nitrogens with two attached hydrogens (primary N) is 1. The third-order valence-electron chi connectivity index (χ3n) is 1.35. The van der Waals surface area contributed by atoms with Gasteiger partial charge in [-0.2, -0.15) is 0 Å². The summed E-state index contributed by atoms with van der Waals surface area (Å²) in [7, 11) is 3.98. The predicted molar refractivity (Wildman–Crippen MR) is 58.1 cm³/mol. The van der Waals surface area contributed by atoms with Gasteiger partial charge >= 0.3 is 0 Å². The van der Waals surface area contributed by atoms with Crippen LogP contribution in [0.25, 0.3) is 0 Å². The smallest absolute Gasteiger partial charge is 0.00450 e. The molecule has 1 fully saturated rings. The molecule has 0 unspecified atom stereocenters. The average Bonchev–Trinajstić information content (AvgIpc) is 2.57. The Kier molecular flexibility index (Phi) is 11.3. The summed E-state index contributed by atoms with van der Waals surface area (Å²) in [5.41, 5.74) is 5.21. The molecule has 0 spiro atoms. The Morgan fingerprint density at radius 3 is 2.00 bits per heavy atom. The molecule has 0 saturated carbocycles. The van der Waals surface area contributed by atoms with E-state index in [1.807, 2.05) is 21.6 Å². The van der Waals surface area contributed by atoms with Gasteiger partial charge in [0.1, 0.15) is 0 Å². The molecule has 1 saturated heterocycles. The zero-order chi connectivity index (χ0) is 8.36. The highest BCUT2D eigenvalue weighted by Gasteiger charge is 1.96. The SMILES string of the molecule is C1CSSC1.CCCCCN. The van der Waals surface area contributed by atoms with Crippen LogP contribution in [0.15, 0.2) is 0 Å². The van der Waals surface area contributed by atoms with Gasteiger partial charge in [0.05, 0.1) is 0 Å². The first-order chi connectivity index (χ1) is 5.41. The molecular formula is C8H19NS2. The maximum atomic E-state index is 5.21. The predicted octanol–water partition coefficient (Wildman–Crippen LogP) is 2.91. The molecule has 1 nitrogen and oxygen atoms in total. The molecule has 0 bridgehead atoms. The topological polar surface area (TPSA) is 26.0 Å². The van der Waals surface area contributed by atoms with E-state index in [9.17, 15) is 0 Å². The van der Waals surface area contributed by atoms with Gasteiger partial charge in [-0.05, 0) is 19.4 Å². The van der Waals surface area contributed by atoms with E-state index in [1.165, 1.54) is 37.2 Å². The van der Waals surface area contributed by atoms with Gasteiger partial charge in [-0.15, -0.1) is 0 Å². The summed E-state index contributed by atoms with van der Waals surface area (Å²) in [6, 6.07) is 0. The average molecular weight is 193 g/mol. The Morgan fingerprint density at radius 2 is 1.82 bits per heavy atom. The van der Waals surface area contributed by atoms with E-state index in [1.54, 1.807) is 0 Å². The zero-order valence-electron chi connectivity index (χ0n) is 7.34. The van der Waals surface area contributed by atoms with Gasteiger partial charge in [-0.3, -0.25) is 0 Å². The van der Waals surface area contributed by atoms with Crippen molar-refractivity contribution in [1.82, 2.24) is 0 Å². The van der Waals surface area contributed by atoms with E-state index in [4.69, 9.17) is 5.73 Å². The van der Waals surface area contributed by atoms with Gasteiger partial charge < -0.3 is 5.73 Å². The zero-order valence-corrected chi connectivity index (χ0v) is 8.98. The highest BCUT2D eigenvalue weighted by atomic mass is 33.1.